The van der Waals surface area contributed by atoms with E-state index >= 15 is 0 Å². The fourth-order valence-corrected chi connectivity index (χ4v) is 1.95. The third-order valence-electron chi connectivity index (χ3n) is 2.94. The quantitative estimate of drug-likeness (QED) is 0.787. The molecule has 0 aromatic heterocycles. The first-order chi connectivity index (χ1) is 9.17. The molecule has 1 fully saturated rings. The van der Waals surface area contributed by atoms with Gasteiger partial charge in [-0.1, -0.05) is 13.8 Å². The van der Waals surface area contributed by atoms with Gasteiger partial charge in [0, 0.05) is 18.5 Å². The van der Waals surface area contributed by atoms with E-state index < -0.39 is 11.7 Å². The van der Waals surface area contributed by atoms with Crippen molar-refractivity contribution < 1.29 is 14.3 Å². The van der Waals surface area contributed by atoms with E-state index in [4.69, 9.17) is 4.74 Å². The molecule has 0 heterocycles. The van der Waals surface area contributed by atoms with E-state index in [9.17, 15) is 9.59 Å². The van der Waals surface area contributed by atoms with E-state index in [1.807, 2.05) is 20.8 Å². The van der Waals surface area contributed by atoms with Crippen molar-refractivity contribution in [2.24, 2.45) is 11.8 Å². The molecule has 0 spiro atoms. The Morgan fingerprint density at radius 2 is 1.85 bits per heavy atom. The molecule has 116 valence electrons. The Balaban J connectivity index is 2.39. The van der Waals surface area contributed by atoms with Gasteiger partial charge in [-0.05, 0) is 46.0 Å². The molecule has 0 aliphatic heterocycles. The highest BCUT2D eigenvalue weighted by Gasteiger charge is 2.31. The smallest absolute Gasteiger partial charge is 0.407 e. The van der Waals surface area contributed by atoms with E-state index in [2.05, 4.69) is 24.5 Å². The second-order valence-corrected chi connectivity index (χ2v) is 6.99. The Hall–Kier alpha value is -1.26. The van der Waals surface area contributed by atoms with Crippen LogP contribution in [0, 0.1) is 11.8 Å². The molecule has 0 unspecified atom stereocenters. The summed E-state index contributed by atoms with van der Waals surface area (Å²) in [4.78, 5) is 23.5. The molecule has 0 radical (unpaired) electrons. The molecule has 1 atom stereocenters. The molecule has 5 nitrogen and oxygen atoms in total. The molecule has 20 heavy (non-hydrogen) atoms. The van der Waals surface area contributed by atoms with E-state index in [1.165, 1.54) is 0 Å². The van der Waals surface area contributed by atoms with Gasteiger partial charge in [0.15, 0.2) is 0 Å². The molecule has 0 aromatic rings. The first-order valence-electron chi connectivity index (χ1n) is 7.44. The first kappa shape index (κ1) is 16.8. The van der Waals surface area contributed by atoms with Gasteiger partial charge in [-0.3, -0.25) is 4.79 Å². The molecule has 1 rings (SSSR count). The van der Waals surface area contributed by atoms with Crippen molar-refractivity contribution >= 4 is 12.0 Å². The number of amides is 2. The summed E-state index contributed by atoms with van der Waals surface area (Å²) in [6.07, 6.45) is 2.38. The number of nitrogens with one attached hydrogen (secondary N) is 2. The summed E-state index contributed by atoms with van der Waals surface area (Å²) in [6.45, 7) is 10.1. The maximum atomic E-state index is 11.8. The summed E-state index contributed by atoms with van der Waals surface area (Å²) in [6, 6.07) is -0.0318. The van der Waals surface area contributed by atoms with Gasteiger partial charge in [0.25, 0.3) is 0 Å². The third-order valence-corrected chi connectivity index (χ3v) is 2.94. The molecule has 1 aliphatic carbocycles. The molecule has 0 aromatic carbocycles. The van der Waals surface area contributed by atoms with Crippen LogP contribution < -0.4 is 10.6 Å². The van der Waals surface area contributed by atoms with Crippen LogP contribution in [0.15, 0.2) is 0 Å². The number of hydrogen-bond acceptors (Lipinski definition) is 3. The molecule has 1 aliphatic rings. The van der Waals surface area contributed by atoms with Crippen LogP contribution >= 0.6 is 0 Å². The van der Waals surface area contributed by atoms with Gasteiger partial charge in [-0.2, -0.15) is 0 Å². The monoisotopic (exact) mass is 284 g/mol. The number of carbonyl (C=O) groups excluding carboxylic acids is 2. The number of carbonyl (C=O) groups is 2. The van der Waals surface area contributed by atoms with Crippen LogP contribution in [-0.4, -0.2) is 30.2 Å². The Kier molecular flexibility index (Phi) is 5.84. The lowest BCUT2D eigenvalue weighted by Crippen LogP contribution is -2.46. The van der Waals surface area contributed by atoms with Gasteiger partial charge in [-0.25, -0.2) is 4.79 Å². The van der Waals surface area contributed by atoms with Crippen LogP contribution in [-0.2, 0) is 9.53 Å². The Bertz CT molecular complexity index is 344. The van der Waals surface area contributed by atoms with E-state index in [0.717, 1.165) is 19.3 Å². The third kappa shape index (κ3) is 7.36. The second-order valence-electron chi connectivity index (χ2n) is 6.99. The minimum absolute atomic E-state index is 0.0318. The zero-order valence-electron chi connectivity index (χ0n) is 13.3. The number of hydrogen-bond donors (Lipinski definition) is 2. The van der Waals surface area contributed by atoms with E-state index in [1.54, 1.807) is 0 Å². The van der Waals surface area contributed by atoms with Crippen molar-refractivity contribution in [2.45, 2.75) is 65.5 Å². The van der Waals surface area contributed by atoms with Crippen molar-refractivity contribution in [1.82, 2.24) is 10.6 Å². The molecule has 2 amide bonds. The Labute approximate surface area is 121 Å². The number of rotatable bonds is 6. The fourth-order valence-electron chi connectivity index (χ4n) is 1.95. The summed E-state index contributed by atoms with van der Waals surface area (Å²) < 4.78 is 5.20. The zero-order chi connectivity index (χ0) is 15.3. The predicted molar refractivity (Wildman–Crippen MR) is 78.3 cm³/mol. The minimum Gasteiger partial charge on any atom is -0.444 e. The van der Waals surface area contributed by atoms with Gasteiger partial charge in [0.2, 0.25) is 5.91 Å². The molecule has 5 heteroatoms. The summed E-state index contributed by atoms with van der Waals surface area (Å²) in [5.74, 6) is 0.757. The Morgan fingerprint density at radius 3 is 2.30 bits per heavy atom. The average molecular weight is 284 g/mol. The highest BCUT2D eigenvalue weighted by Crippen LogP contribution is 2.29. The van der Waals surface area contributed by atoms with Crippen molar-refractivity contribution in [3.63, 3.8) is 0 Å². The average Bonchev–Trinajstić information content (AvgIpc) is 3.06. The fraction of sp³-hybridized carbons (Fsp3) is 0.867. The highest BCUT2D eigenvalue weighted by atomic mass is 16.6. The van der Waals surface area contributed by atoms with E-state index in [0.29, 0.717) is 12.5 Å². The summed E-state index contributed by atoms with van der Waals surface area (Å²) >= 11 is 0. The van der Waals surface area contributed by atoms with Gasteiger partial charge in [0.05, 0.1) is 0 Å². The van der Waals surface area contributed by atoms with Crippen LogP contribution in [0.1, 0.15) is 53.9 Å². The maximum absolute atomic E-state index is 11.8. The standard InChI is InChI=1S/C15H28N2O3/c1-10(2)8-12(17-13(18)11-6-7-11)9-16-14(19)20-15(3,4)5/h10-12H,6-9H2,1-5H3,(H,16,19)(H,17,18)/t12-/m1/s1. The van der Waals surface area contributed by atoms with Crippen LogP contribution in [0.3, 0.4) is 0 Å². The maximum Gasteiger partial charge on any atom is 0.407 e. The minimum atomic E-state index is -0.505. The topological polar surface area (TPSA) is 67.4 Å². The van der Waals surface area contributed by atoms with Crippen LogP contribution in [0.4, 0.5) is 4.79 Å². The number of ether oxygens (including phenoxy) is 1. The van der Waals surface area contributed by atoms with Crippen molar-refractivity contribution in [3.8, 4) is 0 Å². The summed E-state index contributed by atoms with van der Waals surface area (Å²) in [7, 11) is 0. The molecule has 0 saturated heterocycles. The molecular weight excluding hydrogens is 256 g/mol. The summed E-state index contributed by atoms with van der Waals surface area (Å²) in [5.41, 5.74) is -0.505. The normalized spacial score (nSPS) is 16.7. The van der Waals surface area contributed by atoms with Crippen molar-refractivity contribution in [2.75, 3.05) is 6.54 Å². The number of alkyl carbamates (subject to hydrolysis) is 1. The zero-order valence-corrected chi connectivity index (χ0v) is 13.3. The highest BCUT2D eigenvalue weighted by molar-refractivity contribution is 5.81. The lowest BCUT2D eigenvalue weighted by atomic mass is 10.0. The van der Waals surface area contributed by atoms with Crippen LogP contribution in [0.5, 0.6) is 0 Å². The van der Waals surface area contributed by atoms with Gasteiger partial charge in [0.1, 0.15) is 5.60 Å². The Morgan fingerprint density at radius 1 is 1.25 bits per heavy atom. The molecule has 0 bridgehead atoms. The summed E-state index contributed by atoms with van der Waals surface area (Å²) in [5, 5.41) is 5.75. The van der Waals surface area contributed by atoms with Crippen LogP contribution in [0.2, 0.25) is 0 Å². The lowest BCUT2D eigenvalue weighted by molar-refractivity contribution is -0.123. The lowest BCUT2D eigenvalue weighted by Gasteiger charge is -2.23. The van der Waals surface area contributed by atoms with Crippen LogP contribution in [0.25, 0.3) is 0 Å². The van der Waals surface area contributed by atoms with Gasteiger partial charge < -0.3 is 15.4 Å². The first-order valence-corrected chi connectivity index (χ1v) is 7.44. The SMILES string of the molecule is CC(C)C[C@H](CNC(=O)OC(C)(C)C)NC(=O)C1CC1. The molecule has 2 N–H and O–H groups in total. The van der Waals surface area contributed by atoms with Crippen molar-refractivity contribution in [1.29, 1.82) is 0 Å². The van der Waals surface area contributed by atoms with Gasteiger partial charge >= 0.3 is 6.09 Å². The molecular formula is C15H28N2O3. The van der Waals surface area contributed by atoms with Crippen molar-refractivity contribution in [3.05, 3.63) is 0 Å². The predicted octanol–water partition coefficient (Wildman–Crippen LogP) is 2.45. The largest absolute Gasteiger partial charge is 0.444 e. The second kappa shape index (κ2) is 6.95. The molecule has 1 saturated carbocycles. The van der Waals surface area contributed by atoms with Gasteiger partial charge in [-0.15, -0.1) is 0 Å². The van der Waals surface area contributed by atoms with E-state index in [-0.39, 0.29) is 17.9 Å².